The van der Waals surface area contributed by atoms with Gasteiger partial charge in [0.1, 0.15) is 5.82 Å². The summed E-state index contributed by atoms with van der Waals surface area (Å²) in [5.41, 5.74) is -0.400. The summed E-state index contributed by atoms with van der Waals surface area (Å²) in [6.45, 7) is 0. The lowest BCUT2D eigenvalue weighted by Gasteiger charge is -1.95. The lowest BCUT2D eigenvalue weighted by atomic mass is 10.2. The summed E-state index contributed by atoms with van der Waals surface area (Å²) in [5, 5.41) is 0. The smallest absolute Gasteiger partial charge is 0.174 e. The van der Waals surface area contributed by atoms with Crippen molar-refractivity contribution in [3.05, 3.63) is 35.1 Å². The minimum absolute atomic E-state index is 0.400. The van der Waals surface area contributed by atoms with Crippen LogP contribution in [0.15, 0.2) is 12.1 Å². The van der Waals surface area contributed by atoms with Gasteiger partial charge in [-0.15, -0.1) is 6.42 Å². The quantitative estimate of drug-likeness (QED) is 0.398. The lowest BCUT2D eigenvalue weighted by Crippen LogP contribution is -1.91. The van der Waals surface area contributed by atoms with Crippen molar-refractivity contribution in [1.29, 1.82) is 0 Å². The molecular formula is C8H3F3. The summed E-state index contributed by atoms with van der Waals surface area (Å²) in [5.74, 6) is -1.51. The molecule has 1 aromatic rings. The fourth-order valence-electron chi connectivity index (χ4n) is 0.661. The fraction of sp³-hybridized carbons (Fsp3) is 0. The van der Waals surface area contributed by atoms with Crippen molar-refractivity contribution in [3.8, 4) is 12.3 Å². The average molecular weight is 156 g/mol. The van der Waals surface area contributed by atoms with Crippen LogP contribution in [-0.4, -0.2) is 0 Å². The largest absolute Gasteiger partial charge is 0.207 e. The maximum Gasteiger partial charge on any atom is 0.174 e. The van der Waals surface area contributed by atoms with E-state index >= 15 is 0 Å². The molecule has 0 spiro atoms. The Labute approximate surface area is 61.7 Å². The normalized spacial score (nSPS) is 9.27. The van der Waals surface area contributed by atoms with Crippen molar-refractivity contribution in [3.63, 3.8) is 0 Å². The van der Waals surface area contributed by atoms with E-state index in [1.165, 1.54) is 0 Å². The molecule has 3 heteroatoms. The molecule has 0 heterocycles. The molecule has 0 amide bonds. The van der Waals surface area contributed by atoms with E-state index in [2.05, 4.69) is 0 Å². The molecule has 1 rings (SSSR count). The number of terminal acetylenes is 1. The van der Waals surface area contributed by atoms with Gasteiger partial charge in [-0.3, -0.25) is 0 Å². The zero-order chi connectivity index (χ0) is 8.43. The Hall–Kier alpha value is -1.43. The molecule has 11 heavy (non-hydrogen) atoms. The van der Waals surface area contributed by atoms with Crippen LogP contribution in [0.2, 0.25) is 0 Å². The van der Waals surface area contributed by atoms with Crippen LogP contribution in [0.3, 0.4) is 0 Å². The monoisotopic (exact) mass is 156 g/mol. The molecule has 0 aliphatic carbocycles. The lowest BCUT2D eigenvalue weighted by molar-refractivity contribution is 0.493. The topological polar surface area (TPSA) is 0 Å². The van der Waals surface area contributed by atoms with E-state index in [0.29, 0.717) is 6.07 Å². The summed E-state index contributed by atoms with van der Waals surface area (Å²) in [6.07, 6.45) is 4.77. The molecule has 0 radical (unpaired) electrons. The first-order valence-electron chi connectivity index (χ1n) is 2.76. The molecular weight excluding hydrogens is 153 g/mol. The third-order valence-corrected chi connectivity index (χ3v) is 1.15. The van der Waals surface area contributed by atoms with Crippen LogP contribution in [0.25, 0.3) is 0 Å². The third-order valence-electron chi connectivity index (χ3n) is 1.15. The molecule has 0 aliphatic heterocycles. The number of benzene rings is 1. The highest BCUT2D eigenvalue weighted by molar-refractivity contribution is 5.34. The molecule has 0 bridgehead atoms. The highest BCUT2D eigenvalue weighted by Gasteiger charge is 2.07. The Balaban J connectivity index is 3.39. The third kappa shape index (κ3) is 1.35. The molecule has 0 atom stereocenters. The van der Waals surface area contributed by atoms with Gasteiger partial charge in [0, 0.05) is 6.07 Å². The number of hydrogen-bond acceptors (Lipinski definition) is 0. The minimum atomic E-state index is -1.27. The van der Waals surface area contributed by atoms with E-state index in [4.69, 9.17) is 6.42 Å². The van der Waals surface area contributed by atoms with Crippen molar-refractivity contribution < 1.29 is 13.2 Å². The van der Waals surface area contributed by atoms with Crippen molar-refractivity contribution >= 4 is 0 Å². The standard InChI is InChI=1S/C8H3F3/c1-2-5-3-6(9)4-7(10)8(5)11/h1,3-4H. The van der Waals surface area contributed by atoms with Crippen LogP contribution < -0.4 is 0 Å². The summed E-state index contributed by atoms with van der Waals surface area (Å²) in [6, 6.07) is 1.20. The second-order valence-corrected chi connectivity index (χ2v) is 1.89. The second-order valence-electron chi connectivity index (χ2n) is 1.89. The van der Waals surface area contributed by atoms with Gasteiger partial charge in [-0.25, -0.2) is 13.2 Å². The molecule has 0 aromatic heterocycles. The van der Waals surface area contributed by atoms with E-state index in [1.807, 2.05) is 5.92 Å². The first-order chi connectivity index (χ1) is 5.15. The molecule has 0 saturated carbocycles. The minimum Gasteiger partial charge on any atom is -0.207 e. The predicted octanol–water partition coefficient (Wildman–Crippen LogP) is 2.09. The van der Waals surface area contributed by atoms with E-state index in [1.54, 1.807) is 0 Å². The zero-order valence-corrected chi connectivity index (χ0v) is 5.37. The van der Waals surface area contributed by atoms with E-state index in [0.717, 1.165) is 6.07 Å². The van der Waals surface area contributed by atoms with Crippen molar-refractivity contribution in [1.82, 2.24) is 0 Å². The predicted molar refractivity (Wildman–Crippen MR) is 34.3 cm³/mol. The summed E-state index contributed by atoms with van der Waals surface area (Å²) in [4.78, 5) is 0. The molecule has 0 fully saturated rings. The number of rotatable bonds is 0. The van der Waals surface area contributed by atoms with Gasteiger partial charge in [-0.05, 0) is 6.07 Å². The number of hydrogen-bond donors (Lipinski definition) is 0. The molecule has 0 N–H and O–H groups in total. The van der Waals surface area contributed by atoms with Crippen LogP contribution >= 0.6 is 0 Å². The van der Waals surface area contributed by atoms with Crippen LogP contribution in [0.5, 0.6) is 0 Å². The molecule has 0 unspecified atom stereocenters. The Bertz CT molecular complexity index is 323. The Morgan fingerprint density at radius 2 is 1.82 bits per heavy atom. The highest BCUT2D eigenvalue weighted by atomic mass is 19.2. The van der Waals surface area contributed by atoms with Gasteiger partial charge < -0.3 is 0 Å². The SMILES string of the molecule is C#Cc1cc(F)cc(F)c1F. The molecule has 1 aromatic carbocycles. The van der Waals surface area contributed by atoms with Gasteiger partial charge in [-0.1, -0.05) is 5.92 Å². The van der Waals surface area contributed by atoms with Gasteiger partial charge in [0.05, 0.1) is 5.56 Å². The second kappa shape index (κ2) is 2.67. The van der Waals surface area contributed by atoms with Gasteiger partial charge in [-0.2, -0.15) is 0 Å². The highest BCUT2D eigenvalue weighted by Crippen LogP contribution is 2.12. The van der Waals surface area contributed by atoms with Crippen LogP contribution in [0.4, 0.5) is 13.2 Å². The zero-order valence-electron chi connectivity index (χ0n) is 5.37. The van der Waals surface area contributed by atoms with E-state index < -0.39 is 23.0 Å². The summed E-state index contributed by atoms with van der Waals surface area (Å²) >= 11 is 0. The molecule has 0 aliphatic rings. The summed E-state index contributed by atoms with van der Waals surface area (Å²) < 4.78 is 37.1. The molecule has 0 nitrogen and oxygen atoms in total. The van der Waals surface area contributed by atoms with Gasteiger partial charge >= 0.3 is 0 Å². The van der Waals surface area contributed by atoms with Crippen LogP contribution in [0.1, 0.15) is 5.56 Å². The van der Waals surface area contributed by atoms with Gasteiger partial charge in [0.25, 0.3) is 0 Å². The van der Waals surface area contributed by atoms with E-state index in [-0.39, 0.29) is 0 Å². The van der Waals surface area contributed by atoms with Gasteiger partial charge in [0.2, 0.25) is 0 Å². The van der Waals surface area contributed by atoms with Gasteiger partial charge in [0.15, 0.2) is 11.6 Å². The Morgan fingerprint density at radius 3 is 2.36 bits per heavy atom. The maximum atomic E-state index is 12.5. The maximum absolute atomic E-state index is 12.5. The molecule has 56 valence electrons. The van der Waals surface area contributed by atoms with Crippen molar-refractivity contribution in [2.45, 2.75) is 0 Å². The first-order valence-corrected chi connectivity index (χ1v) is 2.76. The first kappa shape index (κ1) is 7.67. The average Bonchev–Trinajstić information content (AvgIpc) is 1.96. The van der Waals surface area contributed by atoms with Crippen molar-refractivity contribution in [2.24, 2.45) is 0 Å². The Kier molecular flexibility index (Phi) is 1.86. The fourth-order valence-corrected chi connectivity index (χ4v) is 0.661. The number of halogens is 3. The van der Waals surface area contributed by atoms with Crippen LogP contribution in [-0.2, 0) is 0 Å². The van der Waals surface area contributed by atoms with Crippen molar-refractivity contribution in [2.75, 3.05) is 0 Å². The van der Waals surface area contributed by atoms with E-state index in [9.17, 15) is 13.2 Å². The van der Waals surface area contributed by atoms with Crippen LogP contribution in [0, 0.1) is 29.8 Å². The Morgan fingerprint density at radius 1 is 1.18 bits per heavy atom. The molecule has 0 saturated heterocycles. The summed E-state index contributed by atoms with van der Waals surface area (Å²) in [7, 11) is 0.